The number of hydrogen-bond acceptors (Lipinski definition) is 4. The minimum Gasteiger partial charge on any atom is -0.337 e. The molecule has 1 saturated heterocycles. The number of carbonyl (C=O) groups excluding carboxylic acids is 1. The van der Waals surface area contributed by atoms with Gasteiger partial charge in [-0.3, -0.25) is 4.79 Å². The third-order valence-corrected chi connectivity index (χ3v) is 8.29. The first-order valence-corrected chi connectivity index (χ1v) is 11.8. The zero-order chi connectivity index (χ0) is 20.3. The number of amides is 1. The Labute approximate surface area is 178 Å². The van der Waals surface area contributed by atoms with Gasteiger partial charge in [0.25, 0.3) is 0 Å². The van der Waals surface area contributed by atoms with Crippen LogP contribution in [0.1, 0.15) is 75.3 Å². The maximum atomic E-state index is 14.0. The van der Waals surface area contributed by atoms with Crippen LogP contribution in [0, 0.1) is 30.1 Å². The number of benzene rings is 1. The molecule has 2 aromatic rings. The van der Waals surface area contributed by atoms with Crippen molar-refractivity contribution in [2.24, 2.45) is 23.2 Å². The van der Waals surface area contributed by atoms with Gasteiger partial charge in [0.2, 0.25) is 17.6 Å². The molecule has 5 nitrogen and oxygen atoms in total. The highest BCUT2D eigenvalue weighted by Gasteiger charge is 2.56. The number of piperidine rings is 1. The minimum atomic E-state index is -0.107. The van der Waals surface area contributed by atoms with Crippen LogP contribution in [0.3, 0.4) is 0 Å². The predicted molar refractivity (Wildman–Crippen MR) is 113 cm³/mol. The lowest BCUT2D eigenvalue weighted by Crippen LogP contribution is -2.55. The summed E-state index contributed by atoms with van der Waals surface area (Å²) < 4.78 is 5.73. The topological polar surface area (TPSA) is 59.2 Å². The van der Waals surface area contributed by atoms with Gasteiger partial charge in [-0.05, 0) is 82.5 Å². The second kappa shape index (κ2) is 6.93. The van der Waals surface area contributed by atoms with Crippen LogP contribution in [-0.4, -0.2) is 27.5 Å². The maximum absolute atomic E-state index is 14.0. The van der Waals surface area contributed by atoms with E-state index in [1.54, 1.807) is 0 Å². The fourth-order valence-corrected chi connectivity index (χ4v) is 7.30. The van der Waals surface area contributed by atoms with Crippen molar-refractivity contribution in [2.45, 2.75) is 70.8 Å². The monoisotopic (exact) mass is 405 g/mol. The lowest BCUT2D eigenvalue weighted by Gasteiger charge is -2.57. The van der Waals surface area contributed by atoms with E-state index in [1.807, 2.05) is 12.1 Å². The van der Waals surface area contributed by atoms with E-state index in [9.17, 15) is 4.79 Å². The number of aryl methyl sites for hydroxylation is 1. The van der Waals surface area contributed by atoms with Gasteiger partial charge in [0, 0.05) is 12.1 Å². The van der Waals surface area contributed by atoms with Crippen LogP contribution in [-0.2, 0) is 4.79 Å². The summed E-state index contributed by atoms with van der Waals surface area (Å²) in [5.41, 5.74) is 2.07. The predicted octanol–water partition coefficient (Wildman–Crippen LogP) is 5.32. The van der Waals surface area contributed by atoms with Crippen molar-refractivity contribution in [3.8, 4) is 11.4 Å². The molecule has 1 aromatic carbocycles. The summed E-state index contributed by atoms with van der Waals surface area (Å²) in [4.78, 5) is 20.9. The first-order chi connectivity index (χ1) is 14.6. The van der Waals surface area contributed by atoms with Crippen LogP contribution < -0.4 is 0 Å². The second-order valence-corrected chi connectivity index (χ2v) is 10.5. The zero-order valence-electron chi connectivity index (χ0n) is 17.8. The Morgan fingerprint density at radius 2 is 1.70 bits per heavy atom. The molecule has 1 aromatic heterocycles. The molecule has 0 spiro atoms. The molecule has 5 heteroatoms. The molecular weight excluding hydrogens is 374 g/mol. The Morgan fingerprint density at radius 1 is 1.03 bits per heavy atom. The molecule has 5 fully saturated rings. The summed E-state index contributed by atoms with van der Waals surface area (Å²) in [6, 6.07) is 8.13. The summed E-state index contributed by atoms with van der Waals surface area (Å²) >= 11 is 0. The SMILES string of the molecule is Cc1ccc(-c2noc([C@H]3CCCCN3C(=O)C34CC5CC(CC(C5)C3)C4)n2)cc1. The van der Waals surface area contributed by atoms with Crippen molar-refractivity contribution in [2.75, 3.05) is 6.54 Å². The lowest BCUT2D eigenvalue weighted by molar-refractivity contribution is -0.162. The average Bonchev–Trinajstić information content (AvgIpc) is 3.23. The van der Waals surface area contributed by atoms with Crippen LogP contribution in [0.15, 0.2) is 28.8 Å². The van der Waals surface area contributed by atoms with Crippen LogP contribution in [0.4, 0.5) is 0 Å². The zero-order valence-corrected chi connectivity index (χ0v) is 17.8. The van der Waals surface area contributed by atoms with E-state index in [1.165, 1.54) is 24.8 Å². The van der Waals surface area contributed by atoms with Gasteiger partial charge in [-0.25, -0.2) is 0 Å². The largest absolute Gasteiger partial charge is 0.337 e. The van der Waals surface area contributed by atoms with Crippen molar-refractivity contribution >= 4 is 5.91 Å². The number of rotatable bonds is 3. The Morgan fingerprint density at radius 3 is 2.37 bits per heavy atom. The molecule has 1 atom stereocenters. The van der Waals surface area contributed by atoms with Crippen LogP contribution >= 0.6 is 0 Å². The fraction of sp³-hybridized carbons (Fsp3) is 0.640. The normalized spacial score (nSPS) is 35.0. The Kier molecular flexibility index (Phi) is 4.29. The number of carbonyl (C=O) groups is 1. The van der Waals surface area contributed by atoms with Crippen molar-refractivity contribution in [3.63, 3.8) is 0 Å². The molecule has 0 radical (unpaired) electrons. The highest BCUT2D eigenvalue weighted by molar-refractivity contribution is 5.83. The van der Waals surface area contributed by atoms with E-state index in [2.05, 4.69) is 29.1 Å². The van der Waals surface area contributed by atoms with E-state index < -0.39 is 0 Å². The first kappa shape index (κ1) is 18.6. The van der Waals surface area contributed by atoms with Gasteiger partial charge in [-0.1, -0.05) is 35.0 Å². The lowest BCUT2D eigenvalue weighted by atomic mass is 9.49. The molecular formula is C25H31N3O2. The third-order valence-electron chi connectivity index (χ3n) is 8.29. The maximum Gasteiger partial charge on any atom is 0.249 e. The summed E-state index contributed by atoms with van der Waals surface area (Å²) in [6.07, 6.45) is 10.5. The van der Waals surface area contributed by atoms with E-state index >= 15 is 0 Å². The first-order valence-electron chi connectivity index (χ1n) is 11.8. The number of aromatic nitrogens is 2. The average molecular weight is 406 g/mol. The quantitative estimate of drug-likeness (QED) is 0.694. The molecule has 4 bridgehead atoms. The molecule has 0 N–H and O–H groups in total. The van der Waals surface area contributed by atoms with Gasteiger partial charge in [-0.15, -0.1) is 0 Å². The van der Waals surface area contributed by atoms with E-state index in [4.69, 9.17) is 9.51 Å². The van der Waals surface area contributed by atoms with Gasteiger partial charge in [0.05, 0.1) is 5.41 Å². The Balaban J connectivity index is 1.28. The van der Waals surface area contributed by atoms with Gasteiger partial charge in [0.15, 0.2) is 0 Å². The van der Waals surface area contributed by atoms with Crippen molar-refractivity contribution in [1.29, 1.82) is 0 Å². The van der Waals surface area contributed by atoms with Gasteiger partial charge < -0.3 is 9.42 Å². The number of likely N-dealkylation sites (tertiary alicyclic amines) is 1. The summed E-state index contributed by atoms with van der Waals surface area (Å²) in [5.74, 6) is 3.96. The van der Waals surface area contributed by atoms with Crippen molar-refractivity contribution in [1.82, 2.24) is 15.0 Å². The van der Waals surface area contributed by atoms with E-state index in [0.717, 1.165) is 68.4 Å². The smallest absolute Gasteiger partial charge is 0.249 e. The number of nitrogens with zero attached hydrogens (tertiary/aromatic N) is 3. The van der Waals surface area contributed by atoms with Crippen LogP contribution in [0.2, 0.25) is 0 Å². The van der Waals surface area contributed by atoms with Crippen LogP contribution in [0.5, 0.6) is 0 Å². The summed E-state index contributed by atoms with van der Waals surface area (Å²) in [5, 5.41) is 4.25. The molecule has 30 heavy (non-hydrogen) atoms. The third kappa shape index (κ3) is 3.00. The molecule has 4 saturated carbocycles. The van der Waals surface area contributed by atoms with Gasteiger partial charge >= 0.3 is 0 Å². The Hall–Kier alpha value is -2.17. The standard InChI is InChI=1S/C25H31N3O2/c1-16-5-7-20(8-6-16)22-26-23(30-27-22)21-4-2-3-9-28(21)24(29)25-13-17-10-18(14-25)12-19(11-17)15-25/h5-8,17-19,21H,2-4,9-15H2,1H3/t17?,18?,19?,21-,25?/m1/s1. The summed E-state index contributed by atoms with van der Waals surface area (Å²) in [6.45, 7) is 2.90. The highest BCUT2D eigenvalue weighted by atomic mass is 16.5. The fourth-order valence-electron chi connectivity index (χ4n) is 7.30. The van der Waals surface area contributed by atoms with Gasteiger partial charge in [-0.2, -0.15) is 4.98 Å². The molecule has 0 unspecified atom stereocenters. The van der Waals surface area contributed by atoms with Crippen LogP contribution in [0.25, 0.3) is 11.4 Å². The van der Waals surface area contributed by atoms with E-state index in [0.29, 0.717) is 17.6 Å². The van der Waals surface area contributed by atoms with Crippen molar-refractivity contribution in [3.05, 3.63) is 35.7 Å². The van der Waals surface area contributed by atoms with Gasteiger partial charge in [0.1, 0.15) is 6.04 Å². The summed E-state index contributed by atoms with van der Waals surface area (Å²) in [7, 11) is 0. The minimum absolute atomic E-state index is 0.0639. The van der Waals surface area contributed by atoms with Crippen molar-refractivity contribution < 1.29 is 9.32 Å². The molecule has 2 heterocycles. The Bertz CT molecular complexity index is 912. The molecule has 158 valence electrons. The molecule has 4 aliphatic carbocycles. The molecule has 5 aliphatic rings. The molecule has 1 aliphatic heterocycles. The highest BCUT2D eigenvalue weighted by Crippen LogP contribution is 2.61. The molecule has 1 amide bonds. The van der Waals surface area contributed by atoms with E-state index in [-0.39, 0.29) is 11.5 Å². The molecule has 7 rings (SSSR count). The number of hydrogen-bond donors (Lipinski definition) is 0. The second-order valence-electron chi connectivity index (χ2n) is 10.5.